The lowest BCUT2D eigenvalue weighted by Crippen LogP contribution is -2.47. The number of rotatable bonds is 3. The van der Waals surface area contributed by atoms with Gasteiger partial charge in [0.15, 0.2) is 0 Å². The van der Waals surface area contributed by atoms with Gasteiger partial charge in [0.1, 0.15) is 0 Å². The van der Waals surface area contributed by atoms with Crippen LogP contribution in [0, 0.1) is 13.8 Å². The second kappa shape index (κ2) is 5.72. The average Bonchev–Trinajstić information content (AvgIpc) is 2.34. The van der Waals surface area contributed by atoms with Gasteiger partial charge in [-0.25, -0.2) is 0 Å². The first kappa shape index (κ1) is 14.0. The molecule has 1 N–H and O–H groups in total. The summed E-state index contributed by atoms with van der Waals surface area (Å²) in [6.45, 7) is 7.42. The highest BCUT2D eigenvalue weighted by Crippen LogP contribution is 2.27. The van der Waals surface area contributed by atoms with Crippen LogP contribution < -0.4 is 0 Å². The zero-order chi connectivity index (χ0) is 14.0. The van der Waals surface area contributed by atoms with E-state index in [1.54, 1.807) is 0 Å². The first-order valence-corrected chi connectivity index (χ1v) is 6.62. The van der Waals surface area contributed by atoms with Crippen molar-refractivity contribution in [1.82, 2.24) is 4.90 Å². The van der Waals surface area contributed by atoms with Crippen LogP contribution in [0.2, 0.25) is 0 Å². The minimum Gasteiger partial charge on any atom is -0.480 e. The van der Waals surface area contributed by atoms with Crippen molar-refractivity contribution in [3.05, 3.63) is 34.9 Å². The fourth-order valence-corrected chi connectivity index (χ4v) is 2.50. The Labute approximate surface area is 114 Å². The van der Waals surface area contributed by atoms with Crippen LogP contribution in [0.4, 0.5) is 0 Å². The molecule has 2 rings (SSSR count). The third-order valence-corrected chi connectivity index (χ3v) is 3.68. The first-order valence-electron chi connectivity index (χ1n) is 6.62. The lowest BCUT2D eigenvalue weighted by molar-refractivity contribution is -0.142. The van der Waals surface area contributed by atoms with Crippen molar-refractivity contribution in [2.75, 3.05) is 19.7 Å². The molecule has 4 nitrogen and oxygen atoms in total. The Bertz CT molecular complexity index is 472. The van der Waals surface area contributed by atoms with Crippen molar-refractivity contribution in [3.63, 3.8) is 0 Å². The molecule has 0 spiro atoms. The largest absolute Gasteiger partial charge is 0.480 e. The monoisotopic (exact) mass is 263 g/mol. The van der Waals surface area contributed by atoms with Crippen molar-refractivity contribution < 1.29 is 14.6 Å². The van der Waals surface area contributed by atoms with Crippen LogP contribution in [0.3, 0.4) is 0 Å². The molecule has 19 heavy (non-hydrogen) atoms. The highest BCUT2D eigenvalue weighted by molar-refractivity contribution is 5.69. The summed E-state index contributed by atoms with van der Waals surface area (Å²) in [5.74, 6) is -0.784. The Kier molecular flexibility index (Phi) is 4.22. The van der Waals surface area contributed by atoms with E-state index < -0.39 is 5.97 Å². The van der Waals surface area contributed by atoms with Gasteiger partial charge in [-0.05, 0) is 31.9 Å². The molecular formula is C15H21NO3. The van der Waals surface area contributed by atoms with Crippen LogP contribution in [0.15, 0.2) is 18.2 Å². The number of carboxylic acid groups (broad SMARTS) is 1. The molecule has 1 aliphatic heterocycles. The standard InChI is InChI=1S/C15H21NO3/c1-10-4-5-11(2)13(6-10)14-7-16(8-15(17)18)12(3)9-19-14/h4-6,12,14H,7-9H2,1-3H3,(H,17,18)/t12-,14-/m1/s1. The quantitative estimate of drug-likeness (QED) is 0.908. The summed E-state index contributed by atoms with van der Waals surface area (Å²) in [5.41, 5.74) is 3.57. The molecule has 1 aliphatic rings. The van der Waals surface area contributed by atoms with Crippen molar-refractivity contribution >= 4 is 5.97 Å². The fourth-order valence-electron chi connectivity index (χ4n) is 2.50. The Hall–Kier alpha value is -1.39. The van der Waals surface area contributed by atoms with Gasteiger partial charge < -0.3 is 9.84 Å². The van der Waals surface area contributed by atoms with Gasteiger partial charge >= 0.3 is 5.97 Å². The topological polar surface area (TPSA) is 49.8 Å². The van der Waals surface area contributed by atoms with E-state index in [0.717, 1.165) is 0 Å². The van der Waals surface area contributed by atoms with Crippen LogP contribution in [0.1, 0.15) is 29.7 Å². The van der Waals surface area contributed by atoms with Crippen LogP contribution in [0.25, 0.3) is 0 Å². The Morgan fingerprint density at radius 2 is 2.21 bits per heavy atom. The summed E-state index contributed by atoms with van der Waals surface area (Å²) in [5, 5.41) is 8.96. The van der Waals surface area contributed by atoms with Crippen molar-refractivity contribution in [2.24, 2.45) is 0 Å². The molecular weight excluding hydrogens is 242 g/mol. The molecule has 0 aromatic heterocycles. The number of morpholine rings is 1. The Morgan fingerprint density at radius 3 is 2.89 bits per heavy atom. The van der Waals surface area contributed by atoms with Crippen LogP contribution >= 0.6 is 0 Å². The third-order valence-electron chi connectivity index (χ3n) is 3.68. The van der Waals surface area contributed by atoms with Crippen LogP contribution in [0.5, 0.6) is 0 Å². The number of hydrogen-bond donors (Lipinski definition) is 1. The van der Waals surface area contributed by atoms with Gasteiger partial charge in [0.2, 0.25) is 0 Å². The van der Waals surface area contributed by atoms with Gasteiger partial charge in [-0.3, -0.25) is 9.69 Å². The second-order valence-corrected chi connectivity index (χ2v) is 5.35. The zero-order valence-corrected chi connectivity index (χ0v) is 11.7. The van der Waals surface area contributed by atoms with Crippen LogP contribution in [-0.2, 0) is 9.53 Å². The third kappa shape index (κ3) is 3.33. The summed E-state index contributed by atoms with van der Waals surface area (Å²) >= 11 is 0. The highest BCUT2D eigenvalue weighted by atomic mass is 16.5. The summed E-state index contributed by atoms with van der Waals surface area (Å²) in [6.07, 6.45) is -0.0320. The maximum absolute atomic E-state index is 10.9. The van der Waals surface area contributed by atoms with E-state index in [1.807, 2.05) is 11.8 Å². The SMILES string of the molecule is Cc1ccc(C)c([C@H]2CN(CC(=O)O)[C@H](C)CO2)c1. The number of aryl methyl sites for hydroxylation is 2. The maximum Gasteiger partial charge on any atom is 0.317 e. The zero-order valence-electron chi connectivity index (χ0n) is 11.7. The number of nitrogens with zero attached hydrogens (tertiary/aromatic N) is 1. The molecule has 2 atom stereocenters. The summed E-state index contributed by atoms with van der Waals surface area (Å²) in [6, 6.07) is 6.46. The highest BCUT2D eigenvalue weighted by Gasteiger charge is 2.29. The minimum absolute atomic E-state index is 0.0320. The molecule has 0 aliphatic carbocycles. The lowest BCUT2D eigenvalue weighted by Gasteiger charge is -2.37. The minimum atomic E-state index is -0.784. The number of aliphatic carboxylic acids is 1. The normalized spacial score (nSPS) is 24.4. The molecule has 0 saturated carbocycles. The molecule has 0 radical (unpaired) electrons. The molecule has 0 amide bonds. The van der Waals surface area contributed by atoms with Crippen molar-refractivity contribution in [3.8, 4) is 0 Å². The smallest absolute Gasteiger partial charge is 0.317 e. The average molecular weight is 263 g/mol. The van der Waals surface area contributed by atoms with E-state index in [4.69, 9.17) is 9.84 Å². The van der Waals surface area contributed by atoms with Gasteiger partial charge in [0.05, 0.1) is 19.3 Å². The number of carboxylic acids is 1. The summed E-state index contributed by atoms with van der Waals surface area (Å²) < 4.78 is 5.89. The molecule has 0 bridgehead atoms. The van der Waals surface area contributed by atoms with E-state index in [9.17, 15) is 4.79 Å². The predicted molar refractivity (Wildman–Crippen MR) is 73.3 cm³/mol. The van der Waals surface area contributed by atoms with Gasteiger partial charge in [-0.1, -0.05) is 23.8 Å². The molecule has 0 unspecified atom stereocenters. The molecule has 1 fully saturated rings. The van der Waals surface area contributed by atoms with E-state index in [1.165, 1.54) is 16.7 Å². The Morgan fingerprint density at radius 1 is 1.47 bits per heavy atom. The van der Waals surface area contributed by atoms with Gasteiger partial charge in [0.25, 0.3) is 0 Å². The molecule has 1 saturated heterocycles. The van der Waals surface area contributed by atoms with E-state index in [0.29, 0.717) is 13.2 Å². The second-order valence-electron chi connectivity index (χ2n) is 5.35. The van der Waals surface area contributed by atoms with E-state index in [-0.39, 0.29) is 18.7 Å². The van der Waals surface area contributed by atoms with Gasteiger partial charge in [-0.2, -0.15) is 0 Å². The van der Waals surface area contributed by atoms with Gasteiger partial charge in [0, 0.05) is 12.6 Å². The number of hydrogen-bond acceptors (Lipinski definition) is 3. The number of carbonyl (C=O) groups is 1. The number of benzene rings is 1. The van der Waals surface area contributed by atoms with Gasteiger partial charge in [-0.15, -0.1) is 0 Å². The van der Waals surface area contributed by atoms with E-state index >= 15 is 0 Å². The van der Waals surface area contributed by atoms with E-state index in [2.05, 4.69) is 32.0 Å². The Balaban J connectivity index is 2.17. The summed E-state index contributed by atoms with van der Waals surface area (Å²) in [4.78, 5) is 12.9. The van der Waals surface area contributed by atoms with Crippen molar-refractivity contribution in [1.29, 1.82) is 0 Å². The van der Waals surface area contributed by atoms with Crippen LogP contribution in [-0.4, -0.2) is 41.7 Å². The molecule has 1 aromatic carbocycles. The maximum atomic E-state index is 10.9. The summed E-state index contributed by atoms with van der Waals surface area (Å²) in [7, 11) is 0. The van der Waals surface area contributed by atoms with Crippen molar-refractivity contribution in [2.45, 2.75) is 32.9 Å². The molecule has 1 aromatic rings. The fraction of sp³-hybridized carbons (Fsp3) is 0.533. The predicted octanol–water partition coefficient (Wildman–Crippen LogP) is 2.15. The molecule has 1 heterocycles. The first-order chi connectivity index (χ1) is 8.97. The lowest BCUT2D eigenvalue weighted by atomic mass is 9.99. The molecule has 104 valence electrons. The molecule has 4 heteroatoms. The number of ether oxygens (including phenoxy) is 1.